The molecule has 0 saturated heterocycles. The number of H-pyrrole nitrogens is 2. The SMILES string of the molecule is CCNC(=O)c1cccc(CNC(=O)c2cc(F)cc3[nH]c(=S)[nH]c23)c1. The molecule has 1 aromatic heterocycles. The molecule has 8 heteroatoms. The van der Waals surface area contributed by atoms with Crippen LogP contribution in [-0.2, 0) is 6.54 Å². The van der Waals surface area contributed by atoms with Gasteiger partial charge >= 0.3 is 0 Å². The molecule has 0 aliphatic rings. The maximum atomic E-state index is 13.8. The van der Waals surface area contributed by atoms with Crippen molar-refractivity contribution in [1.29, 1.82) is 0 Å². The van der Waals surface area contributed by atoms with Crippen LogP contribution in [0.3, 0.4) is 0 Å². The minimum atomic E-state index is -0.536. The van der Waals surface area contributed by atoms with Crippen LogP contribution in [0, 0.1) is 10.6 Å². The number of nitrogens with one attached hydrogen (secondary N) is 4. The summed E-state index contributed by atoms with van der Waals surface area (Å²) in [5, 5.41) is 5.46. The van der Waals surface area contributed by atoms with E-state index in [-0.39, 0.29) is 18.0 Å². The quantitative estimate of drug-likeness (QED) is 0.519. The highest BCUT2D eigenvalue weighted by Crippen LogP contribution is 2.18. The minimum Gasteiger partial charge on any atom is -0.352 e. The van der Waals surface area contributed by atoms with Crippen LogP contribution in [0.4, 0.5) is 4.39 Å². The van der Waals surface area contributed by atoms with Crippen LogP contribution >= 0.6 is 12.2 Å². The van der Waals surface area contributed by atoms with Crippen molar-refractivity contribution in [3.05, 3.63) is 63.7 Å². The number of hydrogen-bond acceptors (Lipinski definition) is 3. The van der Waals surface area contributed by atoms with Crippen molar-refractivity contribution in [2.45, 2.75) is 13.5 Å². The number of rotatable bonds is 5. The Hall–Kier alpha value is -3.00. The fourth-order valence-electron chi connectivity index (χ4n) is 2.65. The lowest BCUT2D eigenvalue weighted by atomic mass is 10.1. The first kappa shape index (κ1) is 17.8. The molecule has 4 N–H and O–H groups in total. The summed E-state index contributed by atoms with van der Waals surface area (Å²) in [5.74, 6) is -1.15. The number of fused-ring (bicyclic) bond motifs is 1. The van der Waals surface area contributed by atoms with Crippen LogP contribution in [-0.4, -0.2) is 28.3 Å². The van der Waals surface area contributed by atoms with Crippen LogP contribution < -0.4 is 10.6 Å². The second kappa shape index (κ2) is 7.49. The monoisotopic (exact) mass is 372 g/mol. The molecule has 0 saturated carbocycles. The average Bonchev–Trinajstić information content (AvgIpc) is 2.99. The first-order valence-corrected chi connectivity index (χ1v) is 8.45. The lowest BCUT2D eigenvalue weighted by Crippen LogP contribution is -2.24. The molecule has 0 spiro atoms. The fourth-order valence-corrected chi connectivity index (χ4v) is 2.86. The number of carbonyl (C=O) groups excluding carboxylic acids is 2. The Kier molecular flexibility index (Phi) is 5.13. The summed E-state index contributed by atoms with van der Waals surface area (Å²) in [4.78, 5) is 30.0. The molecule has 0 fully saturated rings. The normalized spacial score (nSPS) is 10.7. The van der Waals surface area contributed by atoms with Crippen LogP contribution in [0.25, 0.3) is 11.0 Å². The molecule has 0 radical (unpaired) electrons. The molecule has 6 nitrogen and oxygen atoms in total. The van der Waals surface area contributed by atoms with Gasteiger partial charge < -0.3 is 20.6 Å². The Morgan fingerprint density at radius 3 is 2.69 bits per heavy atom. The topological polar surface area (TPSA) is 89.8 Å². The third-order valence-electron chi connectivity index (χ3n) is 3.81. The van der Waals surface area contributed by atoms with Gasteiger partial charge in [0.1, 0.15) is 5.82 Å². The second-order valence-electron chi connectivity index (χ2n) is 5.70. The lowest BCUT2D eigenvalue weighted by molar-refractivity contribution is 0.0947. The van der Waals surface area contributed by atoms with Gasteiger partial charge in [0.2, 0.25) is 0 Å². The standard InChI is InChI=1S/C18H17FN4O2S/c1-2-20-16(24)11-5-3-4-10(6-11)9-21-17(25)13-7-12(19)8-14-15(13)23-18(26)22-14/h3-8H,2,9H2,1H3,(H,20,24)(H,21,25)(H2,22,23,26). The first-order chi connectivity index (χ1) is 12.5. The van der Waals surface area contributed by atoms with Gasteiger partial charge in [0, 0.05) is 18.7 Å². The van der Waals surface area contributed by atoms with Crippen molar-refractivity contribution in [1.82, 2.24) is 20.6 Å². The van der Waals surface area contributed by atoms with Gasteiger partial charge in [-0.25, -0.2) is 4.39 Å². The highest BCUT2D eigenvalue weighted by molar-refractivity contribution is 7.71. The van der Waals surface area contributed by atoms with E-state index in [9.17, 15) is 14.0 Å². The Morgan fingerprint density at radius 1 is 1.12 bits per heavy atom. The Labute approximate surface area is 153 Å². The van der Waals surface area contributed by atoms with Gasteiger partial charge in [-0.15, -0.1) is 0 Å². The van der Waals surface area contributed by atoms with Crippen LogP contribution in [0.15, 0.2) is 36.4 Å². The van der Waals surface area contributed by atoms with E-state index in [4.69, 9.17) is 12.2 Å². The molecule has 1 heterocycles. The number of imidazole rings is 1. The van der Waals surface area contributed by atoms with E-state index in [0.29, 0.717) is 27.9 Å². The van der Waals surface area contributed by atoms with E-state index in [1.54, 1.807) is 24.3 Å². The minimum absolute atomic E-state index is 0.159. The fraction of sp³-hybridized carbons (Fsp3) is 0.167. The molecule has 134 valence electrons. The van der Waals surface area contributed by atoms with E-state index in [1.165, 1.54) is 6.07 Å². The van der Waals surface area contributed by atoms with Gasteiger partial charge in [0.05, 0.1) is 16.6 Å². The molecule has 0 aliphatic carbocycles. The molecule has 2 amide bonds. The van der Waals surface area contributed by atoms with Gasteiger partial charge in [-0.3, -0.25) is 9.59 Å². The highest BCUT2D eigenvalue weighted by Gasteiger charge is 2.14. The summed E-state index contributed by atoms with van der Waals surface area (Å²) in [6.07, 6.45) is 0. The number of halogens is 1. The molecule has 0 atom stereocenters. The van der Waals surface area contributed by atoms with E-state index < -0.39 is 11.7 Å². The number of amides is 2. The maximum Gasteiger partial charge on any atom is 0.253 e. The molecule has 2 aromatic carbocycles. The van der Waals surface area contributed by atoms with Gasteiger partial charge in [-0.1, -0.05) is 12.1 Å². The lowest BCUT2D eigenvalue weighted by Gasteiger charge is -2.08. The van der Waals surface area contributed by atoms with Gasteiger partial charge in [-0.2, -0.15) is 0 Å². The van der Waals surface area contributed by atoms with Crippen LogP contribution in [0.5, 0.6) is 0 Å². The van der Waals surface area contributed by atoms with Crippen molar-refractivity contribution in [2.75, 3.05) is 6.54 Å². The molecule has 26 heavy (non-hydrogen) atoms. The summed E-state index contributed by atoms with van der Waals surface area (Å²) in [6, 6.07) is 9.38. The van der Waals surface area contributed by atoms with Gasteiger partial charge in [0.15, 0.2) is 4.77 Å². The predicted molar refractivity (Wildman–Crippen MR) is 99.1 cm³/mol. The van der Waals surface area contributed by atoms with Gasteiger partial charge in [-0.05, 0) is 49.0 Å². The predicted octanol–water partition coefficient (Wildman–Crippen LogP) is 3.04. The number of aromatic nitrogens is 2. The summed E-state index contributed by atoms with van der Waals surface area (Å²) in [7, 11) is 0. The third kappa shape index (κ3) is 3.80. The smallest absolute Gasteiger partial charge is 0.253 e. The summed E-state index contributed by atoms with van der Waals surface area (Å²) in [6.45, 7) is 2.58. The van der Waals surface area contributed by atoms with E-state index >= 15 is 0 Å². The van der Waals surface area contributed by atoms with Crippen molar-refractivity contribution in [3.8, 4) is 0 Å². The van der Waals surface area contributed by atoms with Crippen LogP contribution in [0.1, 0.15) is 33.2 Å². The third-order valence-corrected chi connectivity index (χ3v) is 4.02. The highest BCUT2D eigenvalue weighted by atomic mass is 32.1. The molecule has 3 aromatic rings. The van der Waals surface area contributed by atoms with Gasteiger partial charge in [0.25, 0.3) is 11.8 Å². The number of hydrogen-bond donors (Lipinski definition) is 4. The van der Waals surface area contributed by atoms with Crippen molar-refractivity contribution >= 4 is 35.1 Å². The number of carbonyl (C=O) groups is 2. The molecular weight excluding hydrogens is 355 g/mol. The van der Waals surface area contributed by atoms with E-state index in [0.717, 1.165) is 11.6 Å². The molecule has 0 unspecified atom stereocenters. The average molecular weight is 372 g/mol. The van der Waals surface area contributed by atoms with E-state index in [1.807, 2.05) is 6.92 Å². The number of benzene rings is 2. The summed E-state index contributed by atoms with van der Waals surface area (Å²) >= 11 is 5.00. The molecule has 0 bridgehead atoms. The Balaban J connectivity index is 1.79. The second-order valence-corrected chi connectivity index (χ2v) is 6.11. The van der Waals surface area contributed by atoms with E-state index in [2.05, 4.69) is 20.6 Å². The van der Waals surface area contributed by atoms with Crippen molar-refractivity contribution in [2.24, 2.45) is 0 Å². The molecule has 3 rings (SSSR count). The van der Waals surface area contributed by atoms with Crippen molar-refractivity contribution in [3.63, 3.8) is 0 Å². The molecular formula is C18H17FN4O2S. The number of aromatic amines is 2. The molecule has 0 aliphatic heterocycles. The summed E-state index contributed by atoms with van der Waals surface area (Å²) in [5.41, 5.74) is 2.31. The largest absolute Gasteiger partial charge is 0.352 e. The van der Waals surface area contributed by atoms with Crippen LogP contribution in [0.2, 0.25) is 0 Å². The summed E-state index contributed by atoms with van der Waals surface area (Å²) < 4.78 is 14.1. The van der Waals surface area contributed by atoms with Crippen molar-refractivity contribution < 1.29 is 14.0 Å². The first-order valence-electron chi connectivity index (χ1n) is 8.05. The zero-order chi connectivity index (χ0) is 18.7. The Bertz CT molecular complexity index is 1040. The Morgan fingerprint density at radius 2 is 1.92 bits per heavy atom. The zero-order valence-corrected chi connectivity index (χ0v) is 14.8. The maximum absolute atomic E-state index is 13.8. The zero-order valence-electron chi connectivity index (χ0n) is 14.0.